The molecule has 0 atom stereocenters. The predicted molar refractivity (Wildman–Crippen MR) is 153 cm³/mol. The Morgan fingerprint density at radius 1 is 1.14 bits per heavy atom. The number of nitrogens with zero attached hydrogens (tertiary/aromatic N) is 2. The van der Waals surface area contributed by atoms with Gasteiger partial charge in [0.15, 0.2) is 9.84 Å². The molecule has 1 amide bonds. The van der Waals surface area contributed by atoms with Crippen LogP contribution in [0.5, 0.6) is 11.5 Å². The van der Waals surface area contributed by atoms with Crippen LogP contribution in [-0.2, 0) is 25.5 Å². The number of benzene rings is 2. The zero-order valence-electron chi connectivity index (χ0n) is 22.3. The number of sulfone groups is 1. The Morgan fingerprint density at radius 3 is 2.69 bits per heavy atom. The van der Waals surface area contributed by atoms with Crippen molar-refractivity contribution in [1.82, 2.24) is 15.3 Å². The number of alkyl halides is 3. The molecule has 0 spiro atoms. The van der Waals surface area contributed by atoms with Crippen molar-refractivity contribution in [3.8, 4) is 11.5 Å². The number of rotatable bonds is 11. The van der Waals surface area contributed by atoms with E-state index in [9.17, 15) is 26.4 Å². The van der Waals surface area contributed by atoms with Gasteiger partial charge >= 0.3 is 6.18 Å². The maximum absolute atomic E-state index is 13.0. The highest BCUT2D eigenvalue weighted by molar-refractivity contribution is 7.91. The van der Waals surface area contributed by atoms with Crippen LogP contribution < -0.4 is 20.7 Å². The molecule has 0 fully saturated rings. The fraction of sp³-hybridized carbons (Fsp3) is 0.296. The third-order valence-corrected chi connectivity index (χ3v) is 7.97. The van der Waals surface area contributed by atoms with Crippen molar-refractivity contribution in [2.75, 3.05) is 48.9 Å². The number of ether oxygens (including phenoxy) is 2. The Kier molecular flexibility index (Phi) is 9.91. The minimum atomic E-state index is -4.51. The van der Waals surface area contributed by atoms with Crippen molar-refractivity contribution in [2.24, 2.45) is 0 Å². The Hall–Kier alpha value is -3.88. The van der Waals surface area contributed by atoms with E-state index >= 15 is 0 Å². The van der Waals surface area contributed by atoms with E-state index < -0.39 is 27.5 Å². The van der Waals surface area contributed by atoms with Crippen molar-refractivity contribution < 1.29 is 35.9 Å². The van der Waals surface area contributed by atoms with Crippen LogP contribution in [0.1, 0.15) is 17.5 Å². The summed E-state index contributed by atoms with van der Waals surface area (Å²) >= 11 is 6.37. The van der Waals surface area contributed by atoms with Crippen LogP contribution in [0.15, 0.2) is 54.4 Å². The Bertz CT molecular complexity index is 1580. The molecule has 42 heavy (non-hydrogen) atoms. The summed E-state index contributed by atoms with van der Waals surface area (Å²) in [6.07, 6.45) is -1.20. The number of hydrogen-bond donors (Lipinski definition) is 3. The van der Waals surface area contributed by atoms with Gasteiger partial charge in [-0.15, -0.1) is 0 Å². The van der Waals surface area contributed by atoms with Gasteiger partial charge in [-0.05, 0) is 48.9 Å². The fourth-order valence-electron chi connectivity index (χ4n) is 3.92. The smallest absolute Gasteiger partial charge is 0.416 e. The summed E-state index contributed by atoms with van der Waals surface area (Å²) < 4.78 is 73.6. The number of amides is 1. The summed E-state index contributed by atoms with van der Waals surface area (Å²) in [5, 5.41) is 9.04. The minimum Gasteiger partial charge on any atom is -0.456 e. The highest BCUT2D eigenvalue weighted by Gasteiger charge is 2.30. The van der Waals surface area contributed by atoms with Crippen LogP contribution in [0.2, 0.25) is 5.02 Å². The molecule has 1 aromatic heterocycles. The summed E-state index contributed by atoms with van der Waals surface area (Å²) in [4.78, 5) is 21.4. The van der Waals surface area contributed by atoms with E-state index in [1.165, 1.54) is 37.7 Å². The van der Waals surface area contributed by atoms with Gasteiger partial charge in [0.05, 0.1) is 34.3 Å². The van der Waals surface area contributed by atoms with Crippen molar-refractivity contribution in [1.29, 1.82) is 0 Å². The molecule has 1 aliphatic heterocycles. The first-order chi connectivity index (χ1) is 19.9. The van der Waals surface area contributed by atoms with Gasteiger partial charge in [-0.2, -0.15) is 13.2 Å². The molecule has 10 nitrogen and oxygen atoms in total. The summed E-state index contributed by atoms with van der Waals surface area (Å²) in [6, 6.07) is 9.08. The normalized spacial score (nSPS) is 13.3. The van der Waals surface area contributed by atoms with Crippen molar-refractivity contribution >= 4 is 50.7 Å². The summed E-state index contributed by atoms with van der Waals surface area (Å²) in [7, 11) is -1.95. The summed E-state index contributed by atoms with van der Waals surface area (Å²) in [5.74, 6) is 0.191. The van der Waals surface area contributed by atoms with Gasteiger partial charge in [0.25, 0.3) is 0 Å². The standard InChI is InChI=1S/C27H27ClF3N5O5S/c1-40-10-12-42(38,39)11-9-33-26(37)17-7-8-32-24-21(13-17)25(35-16-34-24)36-19-5-6-23(22(28)15-19)41-20-4-2-3-18(14-20)27(29,30)31/h2-6,13-16H,7-12H2,1H3,(H,33,37)(H2,32,34,35,36). The van der Waals surface area contributed by atoms with Crippen LogP contribution >= 0.6 is 11.6 Å². The molecule has 3 aromatic rings. The number of carbonyl (C=O) groups excluding carboxylic acids is 1. The molecule has 15 heteroatoms. The van der Waals surface area contributed by atoms with E-state index in [1.54, 1.807) is 12.1 Å². The van der Waals surface area contributed by atoms with Gasteiger partial charge in [-0.1, -0.05) is 17.7 Å². The zero-order valence-corrected chi connectivity index (χ0v) is 23.9. The van der Waals surface area contributed by atoms with Crippen LogP contribution in [0.3, 0.4) is 0 Å². The molecular formula is C27H27ClF3N5O5S. The number of carbonyl (C=O) groups is 1. The van der Waals surface area contributed by atoms with E-state index in [4.69, 9.17) is 21.1 Å². The van der Waals surface area contributed by atoms with Crippen molar-refractivity contribution in [3.63, 3.8) is 0 Å². The zero-order chi connectivity index (χ0) is 30.3. The van der Waals surface area contributed by atoms with Crippen molar-refractivity contribution in [2.45, 2.75) is 12.6 Å². The molecule has 1 aliphatic rings. The first kappa shape index (κ1) is 31.1. The number of hydrogen-bond acceptors (Lipinski definition) is 9. The third kappa shape index (κ3) is 8.33. The van der Waals surface area contributed by atoms with Crippen molar-refractivity contribution in [3.05, 3.63) is 70.5 Å². The number of nitrogens with one attached hydrogen (secondary N) is 3. The second-order valence-electron chi connectivity index (χ2n) is 9.13. The quantitative estimate of drug-likeness (QED) is 0.267. The fourth-order valence-corrected chi connectivity index (χ4v) is 5.18. The van der Waals surface area contributed by atoms with E-state index in [-0.39, 0.29) is 41.2 Å². The Morgan fingerprint density at radius 2 is 1.95 bits per heavy atom. The van der Waals surface area contributed by atoms with Gasteiger partial charge in [0, 0.05) is 31.5 Å². The molecule has 224 valence electrons. The number of aromatic nitrogens is 2. The van der Waals surface area contributed by atoms with Crippen LogP contribution in [0, 0.1) is 0 Å². The molecular weight excluding hydrogens is 599 g/mol. The molecule has 4 rings (SSSR count). The Labute approximate surface area is 245 Å². The molecule has 0 radical (unpaired) electrons. The van der Waals surface area contributed by atoms with Gasteiger partial charge in [0.2, 0.25) is 5.91 Å². The average molecular weight is 626 g/mol. The number of methoxy groups -OCH3 is 1. The first-order valence-corrected chi connectivity index (χ1v) is 14.8. The number of fused-ring (bicyclic) bond motifs is 1. The third-order valence-electron chi connectivity index (χ3n) is 6.06. The van der Waals surface area contributed by atoms with E-state index in [0.29, 0.717) is 41.4 Å². The maximum Gasteiger partial charge on any atom is 0.416 e. The molecule has 3 N–H and O–H groups in total. The monoisotopic (exact) mass is 625 g/mol. The summed E-state index contributed by atoms with van der Waals surface area (Å²) in [6.45, 7) is 0.436. The lowest BCUT2D eigenvalue weighted by Crippen LogP contribution is -2.31. The predicted octanol–water partition coefficient (Wildman–Crippen LogP) is 5.06. The van der Waals surface area contributed by atoms with E-state index in [1.807, 2.05) is 0 Å². The second-order valence-corrected chi connectivity index (χ2v) is 11.8. The van der Waals surface area contributed by atoms with Crippen LogP contribution in [-0.4, -0.2) is 62.6 Å². The number of anilines is 3. The van der Waals surface area contributed by atoms with Gasteiger partial charge < -0.3 is 25.4 Å². The highest BCUT2D eigenvalue weighted by atomic mass is 35.5. The molecule has 0 saturated carbocycles. The van der Waals surface area contributed by atoms with Crippen LogP contribution in [0.25, 0.3) is 6.08 Å². The molecule has 0 saturated heterocycles. The largest absolute Gasteiger partial charge is 0.456 e. The van der Waals surface area contributed by atoms with E-state index in [0.717, 1.165) is 12.1 Å². The molecule has 2 aromatic carbocycles. The van der Waals surface area contributed by atoms with Gasteiger partial charge in [0.1, 0.15) is 29.5 Å². The van der Waals surface area contributed by atoms with Crippen LogP contribution in [0.4, 0.5) is 30.5 Å². The topological polar surface area (TPSA) is 132 Å². The highest BCUT2D eigenvalue weighted by Crippen LogP contribution is 2.36. The molecule has 0 aliphatic carbocycles. The summed E-state index contributed by atoms with van der Waals surface area (Å²) in [5.41, 5.74) is 0.535. The first-order valence-electron chi connectivity index (χ1n) is 12.6. The minimum absolute atomic E-state index is 0.0249. The molecule has 0 unspecified atom stereocenters. The average Bonchev–Trinajstić information content (AvgIpc) is 3.17. The van der Waals surface area contributed by atoms with E-state index in [2.05, 4.69) is 25.9 Å². The molecule has 2 heterocycles. The number of halogens is 4. The lowest BCUT2D eigenvalue weighted by atomic mass is 10.1. The maximum atomic E-state index is 13.0. The van der Waals surface area contributed by atoms with Gasteiger partial charge in [-0.3, -0.25) is 4.79 Å². The lowest BCUT2D eigenvalue weighted by molar-refractivity contribution is -0.137. The van der Waals surface area contributed by atoms with Gasteiger partial charge in [-0.25, -0.2) is 18.4 Å². The molecule has 0 bridgehead atoms. The second kappa shape index (κ2) is 13.4. The Balaban J connectivity index is 1.48. The lowest BCUT2D eigenvalue weighted by Gasteiger charge is -2.14. The SMILES string of the molecule is COCCS(=O)(=O)CCNC(=O)C1=Cc2c(ncnc2Nc2ccc(Oc3cccc(C(F)(F)F)c3)c(Cl)c2)NCC1.